The van der Waals surface area contributed by atoms with Gasteiger partial charge in [0.2, 0.25) is 0 Å². The van der Waals surface area contributed by atoms with Gasteiger partial charge in [0.25, 0.3) is 0 Å². The van der Waals surface area contributed by atoms with Gasteiger partial charge in [-0.3, -0.25) is 0 Å². The molecule has 0 bridgehead atoms. The van der Waals surface area contributed by atoms with Crippen LogP contribution in [0, 0.1) is 0 Å². The SMILES string of the molecule is CC.CC.CCCC(CC)OC(C)C.CCCNc1ccc(C2CC2)cc1. The maximum Gasteiger partial charge on any atom is 0.0575 e. The molecule has 27 heavy (non-hydrogen) atoms. The number of anilines is 1. The second kappa shape index (κ2) is 19.7. The molecule has 0 saturated heterocycles. The quantitative estimate of drug-likeness (QED) is 0.465. The minimum atomic E-state index is 0.386. The van der Waals surface area contributed by atoms with Crippen LogP contribution < -0.4 is 5.32 Å². The van der Waals surface area contributed by atoms with E-state index in [0.717, 1.165) is 18.9 Å². The third kappa shape index (κ3) is 15.7. The van der Waals surface area contributed by atoms with E-state index in [0.29, 0.717) is 12.2 Å². The summed E-state index contributed by atoms with van der Waals surface area (Å²) in [5, 5.41) is 3.38. The molecule has 0 aromatic heterocycles. The van der Waals surface area contributed by atoms with Crippen LogP contribution >= 0.6 is 0 Å². The van der Waals surface area contributed by atoms with Gasteiger partial charge in [0.05, 0.1) is 12.2 Å². The van der Waals surface area contributed by atoms with Crippen molar-refractivity contribution in [2.45, 2.75) is 119 Å². The number of hydrogen-bond donors (Lipinski definition) is 1. The highest BCUT2D eigenvalue weighted by Gasteiger charge is 2.22. The molecular weight excluding hydrogens is 330 g/mol. The summed E-state index contributed by atoms with van der Waals surface area (Å²) in [5.41, 5.74) is 2.77. The maximum atomic E-state index is 5.64. The van der Waals surface area contributed by atoms with Crippen molar-refractivity contribution in [3.05, 3.63) is 29.8 Å². The van der Waals surface area contributed by atoms with Crippen LogP contribution in [-0.2, 0) is 4.74 Å². The monoisotopic (exact) mass is 379 g/mol. The first-order valence-corrected chi connectivity index (χ1v) is 11.6. The highest BCUT2D eigenvalue weighted by Crippen LogP contribution is 2.40. The van der Waals surface area contributed by atoms with E-state index in [1.165, 1.54) is 43.4 Å². The van der Waals surface area contributed by atoms with Gasteiger partial charge >= 0.3 is 0 Å². The molecule has 0 spiro atoms. The lowest BCUT2D eigenvalue weighted by Gasteiger charge is -2.17. The first kappa shape index (κ1) is 28.2. The van der Waals surface area contributed by atoms with Crippen LogP contribution in [0.1, 0.15) is 112 Å². The molecule has 2 nitrogen and oxygen atoms in total. The van der Waals surface area contributed by atoms with Gasteiger partial charge in [-0.25, -0.2) is 0 Å². The largest absolute Gasteiger partial charge is 0.385 e. The fraction of sp³-hybridized carbons (Fsp3) is 0.760. The minimum Gasteiger partial charge on any atom is -0.385 e. The molecule has 0 heterocycles. The van der Waals surface area contributed by atoms with Crippen molar-refractivity contribution in [3.63, 3.8) is 0 Å². The van der Waals surface area contributed by atoms with Gasteiger partial charge in [-0.2, -0.15) is 0 Å². The third-order valence-corrected chi connectivity index (χ3v) is 4.07. The van der Waals surface area contributed by atoms with Crippen molar-refractivity contribution in [1.82, 2.24) is 0 Å². The van der Waals surface area contributed by atoms with Gasteiger partial charge in [0.1, 0.15) is 0 Å². The molecule has 1 saturated carbocycles. The number of nitrogens with one attached hydrogen (secondary N) is 1. The Balaban J connectivity index is 0. The Morgan fingerprint density at radius 1 is 0.926 bits per heavy atom. The zero-order valence-electron chi connectivity index (χ0n) is 19.9. The van der Waals surface area contributed by atoms with Crippen LogP contribution in [0.5, 0.6) is 0 Å². The fourth-order valence-electron chi connectivity index (χ4n) is 2.63. The van der Waals surface area contributed by atoms with Crippen LogP contribution in [0.2, 0.25) is 0 Å². The number of hydrogen-bond acceptors (Lipinski definition) is 2. The summed E-state index contributed by atoms with van der Waals surface area (Å²) in [7, 11) is 0. The normalized spacial score (nSPS) is 13.3. The molecule has 1 aromatic rings. The molecule has 1 fully saturated rings. The Morgan fingerprint density at radius 3 is 1.85 bits per heavy atom. The summed E-state index contributed by atoms with van der Waals surface area (Å²) in [5.74, 6) is 0.875. The molecule has 0 radical (unpaired) electrons. The lowest BCUT2D eigenvalue weighted by atomic mass is 10.1. The molecule has 1 aromatic carbocycles. The van der Waals surface area contributed by atoms with Gasteiger partial charge in [0, 0.05) is 12.2 Å². The lowest BCUT2D eigenvalue weighted by Crippen LogP contribution is -2.16. The van der Waals surface area contributed by atoms with Gasteiger partial charge in [-0.15, -0.1) is 0 Å². The highest BCUT2D eigenvalue weighted by atomic mass is 16.5. The molecule has 0 aliphatic heterocycles. The Kier molecular flexibility index (Phi) is 20.6. The molecule has 1 atom stereocenters. The van der Waals surface area contributed by atoms with Gasteiger partial charge in [-0.05, 0) is 69.6 Å². The summed E-state index contributed by atoms with van der Waals surface area (Å²) >= 11 is 0. The Morgan fingerprint density at radius 2 is 1.48 bits per heavy atom. The lowest BCUT2D eigenvalue weighted by molar-refractivity contribution is 0.00106. The minimum absolute atomic E-state index is 0.386. The van der Waals surface area contributed by atoms with Crippen LogP contribution in [0.4, 0.5) is 5.69 Å². The average molecular weight is 380 g/mol. The van der Waals surface area contributed by atoms with Gasteiger partial charge in [0.15, 0.2) is 0 Å². The van der Waals surface area contributed by atoms with E-state index in [9.17, 15) is 0 Å². The predicted octanol–water partition coefficient (Wildman–Crippen LogP) is 8.43. The Bertz CT molecular complexity index is 395. The van der Waals surface area contributed by atoms with E-state index < -0.39 is 0 Å². The zero-order chi connectivity index (χ0) is 21.1. The van der Waals surface area contributed by atoms with E-state index in [1.807, 2.05) is 27.7 Å². The van der Waals surface area contributed by atoms with Crippen molar-refractivity contribution < 1.29 is 4.74 Å². The molecule has 1 aliphatic carbocycles. The van der Waals surface area contributed by atoms with E-state index in [4.69, 9.17) is 4.74 Å². The first-order chi connectivity index (χ1) is 13.1. The van der Waals surface area contributed by atoms with Gasteiger partial charge < -0.3 is 10.1 Å². The molecule has 2 heteroatoms. The summed E-state index contributed by atoms with van der Waals surface area (Å²) < 4.78 is 5.64. The smallest absolute Gasteiger partial charge is 0.0575 e. The fourth-order valence-corrected chi connectivity index (χ4v) is 2.63. The van der Waals surface area contributed by atoms with E-state index in [1.54, 1.807) is 0 Å². The molecule has 1 N–H and O–H groups in total. The number of rotatable bonds is 9. The van der Waals surface area contributed by atoms with Crippen molar-refractivity contribution in [1.29, 1.82) is 0 Å². The summed E-state index contributed by atoms with van der Waals surface area (Å²) in [4.78, 5) is 0. The summed E-state index contributed by atoms with van der Waals surface area (Å²) in [6, 6.07) is 8.91. The first-order valence-electron chi connectivity index (χ1n) is 11.6. The molecule has 160 valence electrons. The Labute approximate surface area is 171 Å². The highest BCUT2D eigenvalue weighted by molar-refractivity contribution is 5.45. The topological polar surface area (TPSA) is 21.3 Å². The predicted molar refractivity (Wildman–Crippen MR) is 125 cm³/mol. The van der Waals surface area contributed by atoms with Crippen LogP contribution in [0.25, 0.3) is 0 Å². The molecule has 2 rings (SSSR count). The number of ether oxygens (including phenoxy) is 1. The zero-order valence-corrected chi connectivity index (χ0v) is 19.9. The van der Waals surface area contributed by atoms with Crippen LogP contribution in [0.3, 0.4) is 0 Å². The number of benzene rings is 1. The van der Waals surface area contributed by atoms with Crippen molar-refractivity contribution in [2.24, 2.45) is 0 Å². The van der Waals surface area contributed by atoms with E-state index in [-0.39, 0.29) is 0 Å². The van der Waals surface area contributed by atoms with Crippen molar-refractivity contribution in [2.75, 3.05) is 11.9 Å². The second-order valence-corrected chi connectivity index (χ2v) is 6.83. The molecule has 0 amide bonds. The summed E-state index contributed by atoms with van der Waals surface area (Å²) in [6.45, 7) is 19.8. The summed E-state index contributed by atoms with van der Waals surface area (Å²) in [6.07, 6.45) is 8.42. The van der Waals surface area contributed by atoms with Crippen molar-refractivity contribution >= 4 is 5.69 Å². The molecule has 1 unspecified atom stereocenters. The molecule has 1 aliphatic rings. The van der Waals surface area contributed by atoms with E-state index in [2.05, 4.69) is 64.2 Å². The Hall–Kier alpha value is -1.02. The standard InChI is InChI=1S/C12H17N.C9H20O.2C2H6/c1-2-9-13-12-7-5-11(6-8-12)10-3-4-10;1-5-7-9(6-2)10-8(3)4;2*1-2/h5-8,10,13H,2-4,9H2,1H3;8-9H,5-7H2,1-4H3;2*1-2H3. The third-order valence-electron chi connectivity index (χ3n) is 4.07. The average Bonchev–Trinajstić information content (AvgIpc) is 3.55. The second-order valence-electron chi connectivity index (χ2n) is 6.83. The van der Waals surface area contributed by atoms with Crippen LogP contribution in [0.15, 0.2) is 24.3 Å². The maximum absolute atomic E-state index is 5.64. The van der Waals surface area contributed by atoms with Crippen molar-refractivity contribution in [3.8, 4) is 0 Å². The van der Waals surface area contributed by atoms with Gasteiger partial charge in [-0.1, -0.05) is 67.0 Å². The van der Waals surface area contributed by atoms with Crippen LogP contribution in [-0.4, -0.2) is 18.8 Å². The molecular formula is C25H49NO. The van der Waals surface area contributed by atoms with E-state index >= 15 is 0 Å².